The van der Waals surface area contributed by atoms with Crippen molar-refractivity contribution in [3.05, 3.63) is 64.7 Å². The monoisotopic (exact) mass is 426 g/mol. The Bertz CT molecular complexity index is 1240. The van der Waals surface area contributed by atoms with Gasteiger partial charge in [0.25, 0.3) is 0 Å². The first-order chi connectivity index (χ1) is 15.2. The molecule has 0 spiro atoms. The fraction of sp³-hybridized carbons (Fsp3) is 0.360. The normalized spacial score (nSPS) is 29.8. The third kappa shape index (κ3) is 2.45. The highest BCUT2D eigenvalue weighted by atomic mass is 16.7. The van der Waals surface area contributed by atoms with E-state index in [2.05, 4.69) is 18.2 Å². The Hall–Kier alpha value is -3.86. The third-order valence-electron chi connectivity index (χ3n) is 6.67. The van der Waals surface area contributed by atoms with E-state index in [1.54, 1.807) is 37.3 Å². The van der Waals surface area contributed by atoms with E-state index in [1.165, 1.54) is 7.11 Å². The van der Waals surface area contributed by atoms with E-state index >= 15 is 0 Å². The van der Waals surface area contributed by atoms with Gasteiger partial charge in [0.05, 0.1) is 31.2 Å². The SMILES string of the molecule is COc1ccccc1C1C2(C)OC(=N)C1(C#N)C(C#N)(C#N)C(c1ccc(C)cc1C)O2. The number of nitrogens with zero attached hydrogens (tertiary/aromatic N) is 3. The summed E-state index contributed by atoms with van der Waals surface area (Å²) in [5, 5.41) is 40.1. The Balaban J connectivity index is 2.07. The van der Waals surface area contributed by atoms with Crippen molar-refractivity contribution in [2.45, 2.75) is 38.6 Å². The van der Waals surface area contributed by atoms with Gasteiger partial charge in [-0.1, -0.05) is 42.0 Å². The molecule has 32 heavy (non-hydrogen) atoms. The molecule has 7 heteroatoms. The van der Waals surface area contributed by atoms with Crippen LogP contribution in [0.15, 0.2) is 42.5 Å². The van der Waals surface area contributed by atoms with Crippen LogP contribution in [0.4, 0.5) is 0 Å². The molecule has 0 saturated carbocycles. The van der Waals surface area contributed by atoms with Gasteiger partial charge in [0.1, 0.15) is 11.9 Å². The highest BCUT2D eigenvalue weighted by Crippen LogP contribution is 2.70. The third-order valence-corrected chi connectivity index (χ3v) is 6.67. The van der Waals surface area contributed by atoms with Crippen LogP contribution in [0.25, 0.3) is 0 Å². The van der Waals surface area contributed by atoms with Crippen molar-refractivity contribution < 1.29 is 14.2 Å². The largest absolute Gasteiger partial charge is 0.496 e. The number of hydrogen-bond acceptors (Lipinski definition) is 7. The molecule has 2 aromatic carbocycles. The Morgan fingerprint density at radius 3 is 2.28 bits per heavy atom. The summed E-state index contributed by atoms with van der Waals surface area (Å²) in [5.74, 6) is -2.40. The molecule has 0 aliphatic carbocycles. The van der Waals surface area contributed by atoms with E-state index < -0.39 is 34.5 Å². The highest BCUT2D eigenvalue weighted by Gasteiger charge is 2.80. The van der Waals surface area contributed by atoms with E-state index in [0.29, 0.717) is 16.9 Å². The van der Waals surface area contributed by atoms with Gasteiger partial charge in [-0.3, -0.25) is 5.41 Å². The summed E-state index contributed by atoms with van der Waals surface area (Å²) in [5.41, 5.74) is -0.970. The molecule has 4 rings (SSSR count). The predicted molar refractivity (Wildman–Crippen MR) is 114 cm³/mol. The summed E-state index contributed by atoms with van der Waals surface area (Å²) < 4.78 is 17.8. The lowest BCUT2D eigenvalue weighted by Gasteiger charge is -2.49. The molecule has 0 aromatic heterocycles. The zero-order chi connectivity index (χ0) is 23.3. The second-order valence-corrected chi connectivity index (χ2v) is 8.43. The topological polar surface area (TPSA) is 123 Å². The van der Waals surface area contributed by atoms with Crippen LogP contribution in [-0.2, 0) is 9.47 Å². The van der Waals surface area contributed by atoms with Crippen molar-refractivity contribution in [2.24, 2.45) is 10.8 Å². The molecular weight excluding hydrogens is 404 g/mol. The molecular formula is C25H22N4O3. The minimum atomic E-state index is -2.04. The first kappa shape index (κ1) is 21.4. The molecule has 2 aliphatic rings. The molecule has 4 atom stereocenters. The van der Waals surface area contributed by atoms with Crippen LogP contribution in [0.1, 0.15) is 41.2 Å². The van der Waals surface area contributed by atoms with Crippen LogP contribution in [0, 0.1) is 64.1 Å². The van der Waals surface area contributed by atoms with Gasteiger partial charge in [0, 0.05) is 12.5 Å². The molecule has 4 unspecified atom stereocenters. The lowest BCUT2D eigenvalue weighted by atomic mass is 9.52. The Morgan fingerprint density at radius 1 is 1.00 bits per heavy atom. The minimum absolute atomic E-state index is 0.450. The number of para-hydroxylation sites is 1. The maximum atomic E-state index is 10.6. The molecule has 7 nitrogen and oxygen atoms in total. The number of ether oxygens (including phenoxy) is 3. The second-order valence-electron chi connectivity index (χ2n) is 8.43. The smallest absolute Gasteiger partial charge is 0.219 e. The van der Waals surface area contributed by atoms with Crippen LogP contribution in [-0.4, -0.2) is 18.8 Å². The van der Waals surface area contributed by atoms with E-state index in [-0.39, 0.29) is 0 Å². The van der Waals surface area contributed by atoms with Crippen molar-refractivity contribution in [2.75, 3.05) is 7.11 Å². The van der Waals surface area contributed by atoms with Crippen LogP contribution in [0.5, 0.6) is 5.75 Å². The molecule has 2 bridgehead atoms. The summed E-state index contributed by atoms with van der Waals surface area (Å²) >= 11 is 0. The van der Waals surface area contributed by atoms with Crippen molar-refractivity contribution in [1.82, 2.24) is 0 Å². The highest BCUT2D eigenvalue weighted by molar-refractivity contribution is 5.90. The molecule has 160 valence electrons. The minimum Gasteiger partial charge on any atom is -0.496 e. The fourth-order valence-corrected chi connectivity index (χ4v) is 5.25. The molecule has 2 fully saturated rings. The Labute approximate surface area is 186 Å². The van der Waals surface area contributed by atoms with Gasteiger partial charge in [-0.15, -0.1) is 0 Å². The number of methoxy groups -OCH3 is 1. The Kier molecular flexibility index (Phi) is 4.74. The van der Waals surface area contributed by atoms with E-state index in [4.69, 9.17) is 19.6 Å². The van der Waals surface area contributed by atoms with Crippen LogP contribution >= 0.6 is 0 Å². The van der Waals surface area contributed by atoms with Gasteiger partial charge >= 0.3 is 0 Å². The molecule has 2 aromatic rings. The average Bonchev–Trinajstić information content (AvgIpc) is 2.96. The summed E-state index contributed by atoms with van der Waals surface area (Å²) in [4.78, 5) is 0. The molecule has 2 aliphatic heterocycles. The Morgan fingerprint density at radius 2 is 1.69 bits per heavy atom. The van der Waals surface area contributed by atoms with Gasteiger partial charge in [-0.05, 0) is 31.0 Å². The van der Waals surface area contributed by atoms with E-state index in [9.17, 15) is 15.8 Å². The molecule has 0 amide bonds. The number of nitriles is 3. The standard InChI is InChI=1S/C25H22N4O3/c1-15-9-10-17(16(2)11-15)21-24(12-26,13-27)25(14-28)20(23(3,31-21)32-22(25)29)18-7-5-6-8-19(18)30-4/h5-11,20-21,29H,1-4H3. The van der Waals surface area contributed by atoms with Gasteiger partial charge in [-0.25, -0.2) is 0 Å². The number of rotatable bonds is 3. The van der Waals surface area contributed by atoms with Crippen LogP contribution in [0.3, 0.4) is 0 Å². The summed E-state index contributed by atoms with van der Waals surface area (Å²) in [7, 11) is 1.50. The molecule has 1 N–H and O–H groups in total. The van der Waals surface area contributed by atoms with Gasteiger partial charge in [0.15, 0.2) is 5.41 Å². The zero-order valence-corrected chi connectivity index (χ0v) is 18.3. The lowest BCUT2D eigenvalue weighted by Crippen LogP contribution is -2.57. The summed E-state index contributed by atoms with van der Waals surface area (Å²) in [6.07, 6.45) is -1.10. The maximum absolute atomic E-state index is 10.6. The van der Waals surface area contributed by atoms with Crippen LogP contribution in [0.2, 0.25) is 0 Å². The summed E-state index contributed by atoms with van der Waals surface area (Å²) in [6.45, 7) is 5.46. The fourth-order valence-electron chi connectivity index (χ4n) is 5.25. The number of benzene rings is 2. The van der Waals surface area contributed by atoms with Gasteiger partial charge < -0.3 is 14.2 Å². The van der Waals surface area contributed by atoms with Gasteiger partial charge in [0.2, 0.25) is 17.1 Å². The first-order valence-electron chi connectivity index (χ1n) is 10.1. The average molecular weight is 426 g/mol. The molecule has 2 heterocycles. The second kappa shape index (κ2) is 7.09. The number of aryl methyl sites for hydroxylation is 2. The van der Waals surface area contributed by atoms with E-state index in [1.807, 2.05) is 26.0 Å². The first-order valence-corrected chi connectivity index (χ1v) is 10.1. The maximum Gasteiger partial charge on any atom is 0.219 e. The van der Waals surface area contributed by atoms with Crippen molar-refractivity contribution in [3.8, 4) is 24.0 Å². The van der Waals surface area contributed by atoms with Crippen LogP contribution < -0.4 is 4.74 Å². The van der Waals surface area contributed by atoms with Crippen molar-refractivity contribution >= 4 is 5.90 Å². The van der Waals surface area contributed by atoms with Crippen molar-refractivity contribution in [3.63, 3.8) is 0 Å². The number of hydrogen-bond donors (Lipinski definition) is 1. The lowest BCUT2D eigenvalue weighted by molar-refractivity contribution is -0.253. The summed E-state index contributed by atoms with van der Waals surface area (Å²) in [6, 6.07) is 19.0. The van der Waals surface area contributed by atoms with Crippen molar-refractivity contribution in [1.29, 1.82) is 21.2 Å². The zero-order valence-electron chi connectivity index (χ0n) is 18.3. The molecule has 2 saturated heterocycles. The molecule has 0 radical (unpaired) electrons. The number of fused-ring (bicyclic) bond motifs is 2. The predicted octanol–water partition coefficient (Wildman–Crippen LogP) is 4.43. The number of nitrogens with one attached hydrogen (secondary N) is 1. The van der Waals surface area contributed by atoms with Gasteiger partial charge in [-0.2, -0.15) is 15.8 Å². The van der Waals surface area contributed by atoms with E-state index in [0.717, 1.165) is 11.1 Å². The quantitative estimate of drug-likeness (QED) is 0.774.